The number of halogens is 1. The Hall–Kier alpha value is -2.74. The summed E-state index contributed by atoms with van der Waals surface area (Å²) in [7, 11) is 0. The van der Waals surface area contributed by atoms with E-state index in [2.05, 4.69) is 16.2 Å². The first-order valence-corrected chi connectivity index (χ1v) is 8.47. The topological polar surface area (TPSA) is 87.3 Å². The molecule has 0 unspecified atom stereocenters. The number of carbonyl (C=O) groups excluding carboxylic acids is 3. The highest BCUT2D eigenvalue weighted by Crippen LogP contribution is 2.09. The first-order chi connectivity index (χ1) is 11.9. The summed E-state index contributed by atoms with van der Waals surface area (Å²) in [6.07, 6.45) is 0. The molecule has 25 heavy (non-hydrogen) atoms. The van der Waals surface area contributed by atoms with E-state index in [-0.39, 0.29) is 11.5 Å². The van der Waals surface area contributed by atoms with E-state index in [9.17, 15) is 18.8 Å². The summed E-state index contributed by atoms with van der Waals surface area (Å²) in [6, 6.07) is 7.90. The molecule has 1 atom stereocenters. The summed E-state index contributed by atoms with van der Waals surface area (Å²) in [4.78, 5) is 36.8. The molecule has 1 aromatic carbocycles. The van der Waals surface area contributed by atoms with Crippen molar-refractivity contribution in [3.05, 3.63) is 58.0 Å². The van der Waals surface area contributed by atoms with Crippen LogP contribution in [0.1, 0.15) is 33.9 Å². The average molecular weight is 363 g/mol. The van der Waals surface area contributed by atoms with Crippen molar-refractivity contribution in [1.29, 1.82) is 0 Å². The van der Waals surface area contributed by atoms with E-state index in [4.69, 9.17) is 0 Å². The van der Waals surface area contributed by atoms with Crippen LogP contribution >= 0.6 is 11.3 Å². The molecule has 2 rings (SSSR count). The van der Waals surface area contributed by atoms with Gasteiger partial charge in [0.25, 0.3) is 17.7 Å². The molecule has 0 fully saturated rings. The fraction of sp³-hybridized carbons (Fsp3) is 0.235. The van der Waals surface area contributed by atoms with Crippen LogP contribution in [0, 0.1) is 11.7 Å². The number of thiophene rings is 1. The third-order valence-corrected chi connectivity index (χ3v) is 4.27. The van der Waals surface area contributed by atoms with Crippen molar-refractivity contribution in [1.82, 2.24) is 16.2 Å². The Morgan fingerprint density at radius 2 is 1.72 bits per heavy atom. The third kappa shape index (κ3) is 4.87. The molecule has 0 aliphatic rings. The molecule has 0 spiro atoms. The van der Waals surface area contributed by atoms with Crippen LogP contribution in [-0.4, -0.2) is 23.8 Å². The molecule has 1 heterocycles. The van der Waals surface area contributed by atoms with E-state index < -0.39 is 29.6 Å². The van der Waals surface area contributed by atoms with E-state index in [1.165, 1.54) is 35.6 Å². The number of hydrazine groups is 1. The summed E-state index contributed by atoms with van der Waals surface area (Å²) in [6.45, 7) is 3.46. The summed E-state index contributed by atoms with van der Waals surface area (Å²) in [5.41, 5.74) is 4.42. The van der Waals surface area contributed by atoms with Gasteiger partial charge in [-0.2, -0.15) is 0 Å². The lowest BCUT2D eigenvalue weighted by Crippen LogP contribution is -2.54. The zero-order valence-corrected chi connectivity index (χ0v) is 14.5. The molecule has 6 nitrogen and oxygen atoms in total. The molecule has 0 aliphatic carbocycles. The van der Waals surface area contributed by atoms with Crippen LogP contribution in [0.25, 0.3) is 0 Å². The van der Waals surface area contributed by atoms with Crippen molar-refractivity contribution < 1.29 is 18.8 Å². The van der Waals surface area contributed by atoms with Crippen molar-refractivity contribution in [2.75, 3.05) is 0 Å². The minimum absolute atomic E-state index is 0.149. The second-order valence-electron chi connectivity index (χ2n) is 5.60. The van der Waals surface area contributed by atoms with Crippen molar-refractivity contribution in [2.24, 2.45) is 5.92 Å². The normalized spacial score (nSPS) is 11.7. The Kier molecular flexibility index (Phi) is 6.24. The van der Waals surface area contributed by atoms with Crippen LogP contribution in [0.5, 0.6) is 0 Å². The zero-order chi connectivity index (χ0) is 18.4. The highest BCUT2D eigenvalue weighted by Gasteiger charge is 2.26. The van der Waals surface area contributed by atoms with Crippen LogP contribution in [-0.2, 0) is 4.79 Å². The van der Waals surface area contributed by atoms with E-state index in [1.54, 1.807) is 31.4 Å². The zero-order valence-electron chi connectivity index (χ0n) is 13.7. The second-order valence-corrected chi connectivity index (χ2v) is 6.54. The van der Waals surface area contributed by atoms with Crippen molar-refractivity contribution in [3.8, 4) is 0 Å². The number of hydrogen-bond donors (Lipinski definition) is 3. The molecular formula is C17H18FN3O3S. The highest BCUT2D eigenvalue weighted by molar-refractivity contribution is 7.12. The summed E-state index contributed by atoms with van der Waals surface area (Å²) < 4.78 is 13.7. The first-order valence-electron chi connectivity index (χ1n) is 7.59. The Bertz CT molecular complexity index is 762. The van der Waals surface area contributed by atoms with Gasteiger partial charge < -0.3 is 5.32 Å². The molecule has 0 saturated carbocycles. The van der Waals surface area contributed by atoms with Crippen LogP contribution < -0.4 is 16.2 Å². The molecular weight excluding hydrogens is 345 g/mol. The van der Waals surface area contributed by atoms with Gasteiger partial charge in [-0.05, 0) is 29.5 Å². The van der Waals surface area contributed by atoms with Gasteiger partial charge in [-0.3, -0.25) is 25.2 Å². The first kappa shape index (κ1) is 18.6. The van der Waals surface area contributed by atoms with Gasteiger partial charge in [0.15, 0.2) is 0 Å². The van der Waals surface area contributed by atoms with Gasteiger partial charge in [0.05, 0.1) is 10.4 Å². The SMILES string of the molecule is CC(C)[C@@H](NC(=O)c1ccccc1F)C(=O)NNC(=O)c1cccs1. The van der Waals surface area contributed by atoms with Gasteiger partial charge in [-0.15, -0.1) is 11.3 Å². The van der Waals surface area contributed by atoms with Gasteiger partial charge in [0, 0.05) is 0 Å². The summed E-state index contributed by atoms with van der Waals surface area (Å²) >= 11 is 1.23. The molecule has 132 valence electrons. The lowest BCUT2D eigenvalue weighted by atomic mass is 10.0. The number of hydrogen-bond acceptors (Lipinski definition) is 4. The van der Waals surface area contributed by atoms with Crippen LogP contribution in [0.15, 0.2) is 41.8 Å². The quantitative estimate of drug-likeness (QED) is 0.711. The fourth-order valence-electron chi connectivity index (χ4n) is 2.06. The van der Waals surface area contributed by atoms with E-state index in [0.29, 0.717) is 4.88 Å². The monoisotopic (exact) mass is 363 g/mol. The lowest BCUT2D eigenvalue weighted by molar-refractivity contribution is -0.124. The van der Waals surface area contributed by atoms with Crippen LogP contribution in [0.4, 0.5) is 4.39 Å². The molecule has 0 aliphatic heterocycles. The smallest absolute Gasteiger partial charge is 0.279 e. The molecule has 0 saturated heterocycles. The van der Waals surface area contributed by atoms with Gasteiger partial charge in [0.2, 0.25) is 0 Å². The summed E-state index contributed by atoms with van der Waals surface area (Å²) in [5.74, 6) is -2.68. The molecule has 3 N–H and O–H groups in total. The maximum absolute atomic E-state index is 13.7. The van der Waals surface area contributed by atoms with Crippen molar-refractivity contribution in [2.45, 2.75) is 19.9 Å². The number of nitrogens with one attached hydrogen (secondary N) is 3. The minimum atomic E-state index is -0.934. The van der Waals surface area contributed by atoms with Gasteiger partial charge in [-0.25, -0.2) is 4.39 Å². The van der Waals surface area contributed by atoms with Crippen molar-refractivity contribution >= 4 is 29.1 Å². The van der Waals surface area contributed by atoms with Crippen LogP contribution in [0.3, 0.4) is 0 Å². The minimum Gasteiger partial charge on any atom is -0.340 e. The molecule has 2 aromatic rings. The van der Waals surface area contributed by atoms with Crippen molar-refractivity contribution in [3.63, 3.8) is 0 Å². The number of rotatable bonds is 5. The van der Waals surface area contributed by atoms with Gasteiger partial charge in [-0.1, -0.05) is 32.0 Å². The predicted molar refractivity (Wildman–Crippen MR) is 92.4 cm³/mol. The Balaban J connectivity index is 2.00. The van der Waals surface area contributed by atoms with Gasteiger partial charge in [0.1, 0.15) is 11.9 Å². The maximum atomic E-state index is 13.7. The molecule has 3 amide bonds. The largest absolute Gasteiger partial charge is 0.340 e. The Labute approximate surface area is 148 Å². The second kappa shape index (κ2) is 8.39. The number of carbonyl (C=O) groups is 3. The van der Waals surface area contributed by atoms with E-state index in [1.807, 2.05) is 0 Å². The van der Waals surface area contributed by atoms with Crippen LogP contribution in [0.2, 0.25) is 0 Å². The standard InChI is InChI=1S/C17H18FN3O3S/c1-10(2)14(19-15(22)11-6-3-4-7-12(11)18)17(24)21-20-16(23)13-8-5-9-25-13/h3-10,14H,1-2H3,(H,19,22)(H,20,23)(H,21,24)/t14-/m1/s1. The fourth-order valence-corrected chi connectivity index (χ4v) is 2.68. The predicted octanol–water partition coefficient (Wildman–Crippen LogP) is 2.10. The van der Waals surface area contributed by atoms with E-state index >= 15 is 0 Å². The molecule has 8 heteroatoms. The molecule has 0 radical (unpaired) electrons. The maximum Gasteiger partial charge on any atom is 0.279 e. The molecule has 0 bridgehead atoms. The summed E-state index contributed by atoms with van der Waals surface area (Å²) in [5, 5.41) is 4.23. The Morgan fingerprint density at radius 1 is 1.00 bits per heavy atom. The Morgan fingerprint density at radius 3 is 2.32 bits per heavy atom. The number of amides is 3. The highest BCUT2D eigenvalue weighted by atomic mass is 32.1. The third-order valence-electron chi connectivity index (χ3n) is 3.40. The number of benzene rings is 1. The van der Waals surface area contributed by atoms with E-state index in [0.717, 1.165) is 0 Å². The molecule has 1 aromatic heterocycles. The average Bonchev–Trinajstić information content (AvgIpc) is 3.11. The lowest BCUT2D eigenvalue weighted by Gasteiger charge is -2.21. The van der Waals surface area contributed by atoms with Gasteiger partial charge >= 0.3 is 0 Å².